The number of urea groups is 1. The van der Waals surface area contributed by atoms with E-state index in [9.17, 15) is 14.0 Å². The lowest BCUT2D eigenvalue weighted by Crippen LogP contribution is -2.43. The van der Waals surface area contributed by atoms with Crippen molar-refractivity contribution in [3.63, 3.8) is 0 Å². The van der Waals surface area contributed by atoms with Crippen LogP contribution in [0.5, 0.6) is 0 Å². The van der Waals surface area contributed by atoms with Crippen LogP contribution in [-0.4, -0.2) is 47.2 Å². The molecule has 30 heavy (non-hydrogen) atoms. The van der Waals surface area contributed by atoms with Crippen molar-refractivity contribution in [2.75, 3.05) is 20.1 Å². The minimum atomic E-state index is -0.560. The molecule has 0 aliphatic rings. The Balaban J connectivity index is 1.34. The summed E-state index contributed by atoms with van der Waals surface area (Å²) in [5.41, 5.74) is 2.57. The van der Waals surface area contributed by atoms with Crippen molar-refractivity contribution in [1.29, 1.82) is 0 Å². The molecule has 0 spiro atoms. The van der Waals surface area contributed by atoms with Crippen molar-refractivity contribution < 1.29 is 18.4 Å². The topological polar surface area (TPSA) is 103 Å². The summed E-state index contributed by atoms with van der Waals surface area (Å²) in [6, 6.07) is 11.0. The van der Waals surface area contributed by atoms with Gasteiger partial charge >= 0.3 is 6.03 Å². The zero-order chi connectivity index (χ0) is 21.3. The number of carbonyl (C=O) groups is 2. The van der Waals surface area contributed by atoms with E-state index in [4.69, 9.17) is 4.42 Å². The van der Waals surface area contributed by atoms with Gasteiger partial charge in [-0.25, -0.2) is 9.18 Å². The van der Waals surface area contributed by atoms with Gasteiger partial charge in [0.1, 0.15) is 11.6 Å². The Bertz CT molecular complexity index is 953. The smallest absolute Gasteiger partial charge is 0.321 e. The van der Waals surface area contributed by atoms with Crippen molar-refractivity contribution in [1.82, 2.24) is 25.7 Å². The van der Waals surface area contributed by atoms with Gasteiger partial charge in [0.25, 0.3) is 0 Å². The van der Waals surface area contributed by atoms with Gasteiger partial charge in [0, 0.05) is 11.3 Å². The zero-order valence-corrected chi connectivity index (χ0v) is 16.7. The van der Waals surface area contributed by atoms with E-state index >= 15 is 0 Å². The van der Waals surface area contributed by atoms with E-state index in [0.717, 1.165) is 29.8 Å². The standard InChI is InChI=1S/C21H24FN5O3/c1-27(14-20(28)24-21(29)23-13-18-5-3-11-30-18)10-2-4-17-12-19(26-25-17)15-6-8-16(22)9-7-15/h3,5-9,11-12H,2,4,10,13-14H2,1H3,(H,25,26)(H2,23,24,28,29). The molecule has 0 radical (unpaired) electrons. The highest BCUT2D eigenvalue weighted by molar-refractivity contribution is 5.95. The number of benzene rings is 1. The average molecular weight is 413 g/mol. The molecule has 3 aromatic rings. The second kappa shape index (κ2) is 10.4. The monoisotopic (exact) mass is 413 g/mol. The maximum atomic E-state index is 13.0. The number of furan rings is 1. The lowest BCUT2D eigenvalue weighted by Gasteiger charge is -2.15. The van der Waals surface area contributed by atoms with E-state index in [0.29, 0.717) is 12.3 Å². The number of H-pyrrole nitrogens is 1. The molecule has 0 bridgehead atoms. The van der Waals surface area contributed by atoms with Gasteiger partial charge in [0.05, 0.1) is 25.0 Å². The van der Waals surface area contributed by atoms with Crippen molar-refractivity contribution >= 4 is 11.9 Å². The highest BCUT2D eigenvalue weighted by Crippen LogP contribution is 2.18. The number of amides is 3. The Hall–Kier alpha value is -3.46. The largest absolute Gasteiger partial charge is 0.467 e. The normalized spacial score (nSPS) is 10.9. The molecule has 0 fully saturated rings. The van der Waals surface area contributed by atoms with E-state index in [1.54, 1.807) is 24.3 Å². The molecule has 3 rings (SSSR count). The van der Waals surface area contributed by atoms with Gasteiger partial charge < -0.3 is 9.73 Å². The van der Waals surface area contributed by atoms with Crippen LogP contribution in [0.3, 0.4) is 0 Å². The van der Waals surface area contributed by atoms with Crippen LogP contribution in [0.25, 0.3) is 11.3 Å². The molecular weight excluding hydrogens is 389 g/mol. The fourth-order valence-electron chi connectivity index (χ4n) is 2.91. The highest BCUT2D eigenvalue weighted by Gasteiger charge is 2.11. The molecule has 3 amide bonds. The summed E-state index contributed by atoms with van der Waals surface area (Å²) in [4.78, 5) is 25.5. The summed E-state index contributed by atoms with van der Waals surface area (Å²) in [6.07, 6.45) is 3.07. The number of aromatic nitrogens is 2. The number of imide groups is 1. The molecule has 158 valence electrons. The Morgan fingerprint density at radius 3 is 2.77 bits per heavy atom. The summed E-state index contributed by atoms with van der Waals surface area (Å²) >= 11 is 0. The molecule has 0 saturated carbocycles. The minimum absolute atomic E-state index is 0.109. The third-order valence-corrected chi connectivity index (χ3v) is 4.43. The maximum Gasteiger partial charge on any atom is 0.321 e. The molecule has 0 aliphatic carbocycles. The van der Waals surface area contributed by atoms with E-state index in [1.165, 1.54) is 18.4 Å². The van der Waals surface area contributed by atoms with Crippen molar-refractivity contribution in [2.24, 2.45) is 0 Å². The molecule has 2 heterocycles. The maximum absolute atomic E-state index is 13.0. The van der Waals surface area contributed by atoms with Crippen LogP contribution in [-0.2, 0) is 17.8 Å². The number of nitrogens with zero attached hydrogens (tertiary/aromatic N) is 2. The minimum Gasteiger partial charge on any atom is -0.467 e. The van der Waals surface area contributed by atoms with Crippen LogP contribution in [0.1, 0.15) is 17.9 Å². The third-order valence-electron chi connectivity index (χ3n) is 4.43. The van der Waals surface area contributed by atoms with Gasteiger partial charge in [-0.05, 0) is 68.9 Å². The van der Waals surface area contributed by atoms with Crippen LogP contribution >= 0.6 is 0 Å². The van der Waals surface area contributed by atoms with Crippen LogP contribution in [0, 0.1) is 5.82 Å². The first-order valence-corrected chi connectivity index (χ1v) is 9.58. The lowest BCUT2D eigenvalue weighted by atomic mass is 10.1. The number of nitrogens with one attached hydrogen (secondary N) is 3. The number of hydrogen-bond donors (Lipinski definition) is 3. The molecule has 0 saturated heterocycles. The number of likely N-dealkylation sites (N-methyl/N-ethyl adjacent to an activating group) is 1. The summed E-state index contributed by atoms with van der Waals surface area (Å²) in [6.45, 7) is 0.996. The Morgan fingerprint density at radius 1 is 1.23 bits per heavy atom. The van der Waals surface area contributed by atoms with Gasteiger partial charge in [-0.1, -0.05) is 0 Å². The third kappa shape index (κ3) is 6.56. The van der Waals surface area contributed by atoms with E-state index in [1.807, 2.05) is 18.0 Å². The highest BCUT2D eigenvalue weighted by atomic mass is 19.1. The van der Waals surface area contributed by atoms with Gasteiger partial charge in [-0.3, -0.25) is 20.1 Å². The predicted octanol–water partition coefficient (Wildman–Crippen LogP) is 2.70. The first-order chi connectivity index (χ1) is 14.5. The SMILES string of the molecule is CN(CCCc1cc(-c2ccc(F)cc2)n[nH]1)CC(=O)NC(=O)NCc1ccco1. The van der Waals surface area contributed by atoms with Crippen LogP contribution < -0.4 is 10.6 Å². The molecule has 1 aromatic carbocycles. The second-order valence-corrected chi connectivity index (χ2v) is 6.94. The number of aryl methyl sites for hydroxylation is 1. The molecule has 0 unspecified atom stereocenters. The molecule has 0 aliphatic heterocycles. The van der Waals surface area contributed by atoms with Crippen molar-refractivity contribution in [3.05, 3.63) is 66.0 Å². The summed E-state index contributed by atoms with van der Waals surface area (Å²) in [5.74, 6) is -0.0534. The van der Waals surface area contributed by atoms with Gasteiger partial charge in [0.2, 0.25) is 5.91 Å². The van der Waals surface area contributed by atoms with Gasteiger partial charge in [-0.2, -0.15) is 5.10 Å². The Morgan fingerprint density at radius 2 is 2.03 bits per heavy atom. The predicted molar refractivity (Wildman–Crippen MR) is 109 cm³/mol. The fourth-order valence-corrected chi connectivity index (χ4v) is 2.91. The van der Waals surface area contributed by atoms with E-state index in [-0.39, 0.29) is 24.8 Å². The van der Waals surface area contributed by atoms with Crippen molar-refractivity contribution in [3.8, 4) is 11.3 Å². The van der Waals surface area contributed by atoms with Gasteiger partial charge in [0.15, 0.2) is 0 Å². The quantitative estimate of drug-likeness (QED) is 0.501. The summed E-state index contributed by atoms with van der Waals surface area (Å²) in [7, 11) is 1.82. The van der Waals surface area contributed by atoms with Crippen LogP contribution in [0.2, 0.25) is 0 Å². The molecule has 2 aromatic heterocycles. The Kier molecular flexibility index (Phi) is 7.34. The van der Waals surface area contributed by atoms with Crippen molar-refractivity contribution in [2.45, 2.75) is 19.4 Å². The average Bonchev–Trinajstić information content (AvgIpc) is 3.39. The lowest BCUT2D eigenvalue weighted by molar-refractivity contribution is -0.120. The molecule has 3 N–H and O–H groups in total. The number of halogens is 1. The zero-order valence-electron chi connectivity index (χ0n) is 16.7. The first kappa shape index (κ1) is 21.3. The summed E-state index contributed by atoms with van der Waals surface area (Å²) < 4.78 is 18.1. The fraction of sp³-hybridized carbons (Fsp3) is 0.286. The molecule has 8 nitrogen and oxygen atoms in total. The number of carbonyl (C=O) groups excluding carboxylic acids is 2. The molecule has 0 atom stereocenters. The van der Waals surface area contributed by atoms with Crippen LogP contribution in [0.15, 0.2) is 53.1 Å². The number of hydrogen-bond acceptors (Lipinski definition) is 5. The number of rotatable bonds is 9. The van der Waals surface area contributed by atoms with Gasteiger partial charge in [-0.15, -0.1) is 0 Å². The van der Waals surface area contributed by atoms with E-state index < -0.39 is 6.03 Å². The summed E-state index contributed by atoms with van der Waals surface area (Å²) in [5, 5.41) is 12.1. The first-order valence-electron chi connectivity index (χ1n) is 9.58. The number of aromatic amines is 1. The molecular formula is C21H24FN5O3. The molecule has 9 heteroatoms. The second-order valence-electron chi connectivity index (χ2n) is 6.94. The van der Waals surface area contributed by atoms with E-state index in [2.05, 4.69) is 20.8 Å². The van der Waals surface area contributed by atoms with Crippen LogP contribution in [0.4, 0.5) is 9.18 Å². The Labute approximate surface area is 173 Å².